The molecule has 0 aromatic carbocycles. The molecule has 2 bridgehead atoms. The Balaban J connectivity index is 2.12. The van der Waals surface area contributed by atoms with Gasteiger partial charge in [0.2, 0.25) is 15.9 Å². The molecule has 0 radical (unpaired) electrons. The predicted octanol–water partition coefficient (Wildman–Crippen LogP) is 0.672. The van der Waals surface area contributed by atoms with E-state index in [1.165, 1.54) is 0 Å². The molecule has 3 aliphatic heterocycles. The molecule has 5 heteroatoms. The first kappa shape index (κ1) is 7.94. The third kappa shape index (κ3) is 0.714. The van der Waals surface area contributed by atoms with Crippen molar-refractivity contribution in [2.45, 2.75) is 30.7 Å². The molecule has 0 saturated carbocycles. The number of carbonyl (C=O) groups is 2. The van der Waals surface area contributed by atoms with E-state index in [9.17, 15) is 14.0 Å². The summed E-state index contributed by atoms with van der Waals surface area (Å²) in [6.07, 6.45) is 0.271. The summed E-state index contributed by atoms with van der Waals surface area (Å²) in [6, 6.07) is 0. The fraction of sp³-hybridized carbons (Fsp3) is 0.750. The van der Waals surface area contributed by atoms with Crippen molar-refractivity contribution in [1.29, 1.82) is 0 Å². The standard InChI is InChI=1S/C8H7FO3S/c9-8-4-2-1-3(12-4)5(8)6(10)13-7(8)11/h3-5H,1-2H2/t3-,4+,5-,8+/m1/s1. The molecule has 3 rings (SSSR count). The molecule has 3 saturated heterocycles. The van der Waals surface area contributed by atoms with Gasteiger partial charge in [0.1, 0.15) is 6.10 Å². The first-order valence-corrected chi connectivity index (χ1v) is 5.06. The van der Waals surface area contributed by atoms with E-state index in [4.69, 9.17) is 4.74 Å². The zero-order valence-electron chi connectivity index (χ0n) is 6.66. The van der Waals surface area contributed by atoms with Gasteiger partial charge in [-0.05, 0) is 24.6 Å². The van der Waals surface area contributed by atoms with Gasteiger partial charge in [-0.15, -0.1) is 0 Å². The van der Waals surface area contributed by atoms with Crippen LogP contribution in [0.15, 0.2) is 0 Å². The highest BCUT2D eigenvalue weighted by molar-refractivity contribution is 8.27. The summed E-state index contributed by atoms with van der Waals surface area (Å²) < 4.78 is 19.4. The predicted molar refractivity (Wildman–Crippen MR) is 42.8 cm³/mol. The van der Waals surface area contributed by atoms with Gasteiger partial charge in [-0.1, -0.05) is 0 Å². The Morgan fingerprint density at radius 1 is 1.46 bits per heavy atom. The second-order valence-corrected chi connectivity index (χ2v) is 4.67. The maximum atomic E-state index is 14.1. The topological polar surface area (TPSA) is 43.4 Å². The largest absolute Gasteiger partial charge is 0.370 e. The maximum absolute atomic E-state index is 14.1. The van der Waals surface area contributed by atoms with Crippen LogP contribution in [-0.4, -0.2) is 28.1 Å². The highest BCUT2D eigenvalue weighted by atomic mass is 32.2. The van der Waals surface area contributed by atoms with Crippen LogP contribution < -0.4 is 0 Å². The Bertz CT molecular complexity index is 319. The second-order valence-electron chi connectivity index (χ2n) is 3.69. The summed E-state index contributed by atoms with van der Waals surface area (Å²) in [5, 5.41) is -0.991. The van der Waals surface area contributed by atoms with Crippen LogP contribution in [0.1, 0.15) is 12.8 Å². The lowest BCUT2D eigenvalue weighted by Crippen LogP contribution is -2.45. The number of hydrogen-bond donors (Lipinski definition) is 0. The van der Waals surface area contributed by atoms with E-state index in [0.29, 0.717) is 24.6 Å². The molecule has 3 heterocycles. The van der Waals surface area contributed by atoms with Crippen molar-refractivity contribution in [3.05, 3.63) is 0 Å². The summed E-state index contributed by atoms with van der Waals surface area (Å²) in [7, 11) is 0. The molecule has 0 aliphatic carbocycles. The van der Waals surface area contributed by atoms with E-state index in [1.807, 2.05) is 0 Å². The van der Waals surface area contributed by atoms with Crippen LogP contribution >= 0.6 is 11.8 Å². The van der Waals surface area contributed by atoms with Crippen LogP contribution in [0.2, 0.25) is 0 Å². The summed E-state index contributed by atoms with van der Waals surface area (Å²) in [5.41, 5.74) is -2.00. The average Bonchev–Trinajstić information content (AvgIpc) is 2.66. The van der Waals surface area contributed by atoms with Gasteiger partial charge in [-0.25, -0.2) is 4.39 Å². The molecule has 70 valence electrons. The van der Waals surface area contributed by atoms with Gasteiger partial charge in [-0.2, -0.15) is 0 Å². The van der Waals surface area contributed by atoms with Gasteiger partial charge in [0.25, 0.3) is 0 Å². The highest BCUT2D eigenvalue weighted by Gasteiger charge is 2.71. The van der Waals surface area contributed by atoms with E-state index in [2.05, 4.69) is 0 Å². The molecular formula is C8H7FO3S. The molecule has 3 nitrogen and oxygen atoms in total. The van der Waals surface area contributed by atoms with Crippen LogP contribution in [0, 0.1) is 5.92 Å². The Hall–Kier alpha value is -0.420. The van der Waals surface area contributed by atoms with E-state index >= 15 is 0 Å². The molecular weight excluding hydrogens is 195 g/mol. The molecule has 13 heavy (non-hydrogen) atoms. The minimum Gasteiger partial charge on any atom is -0.370 e. The molecule has 3 fully saturated rings. The molecule has 0 aromatic rings. The van der Waals surface area contributed by atoms with Crippen molar-refractivity contribution in [1.82, 2.24) is 0 Å². The van der Waals surface area contributed by atoms with Crippen LogP contribution in [-0.2, 0) is 14.3 Å². The number of hydrogen-bond acceptors (Lipinski definition) is 4. The molecule has 0 N–H and O–H groups in total. The van der Waals surface area contributed by atoms with E-state index in [-0.39, 0.29) is 11.2 Å². The van der Waals surface area contributed by atoms with Gasteiger partial charge < -0.3 is 4.74 Å². The Morgan fingerprint density at radius 2 is 2.23 bits per heavy atom. The van der Waals surface area contributed by atoms with Gasteiger partial charge in [0.05, 0.1) is 12.0 Å². The Kier molecular flexibility index (Phi) is 1.31. The minimum absolute atomic E-state index is 0.346. The van der Waals surface area contributed by atoms with Crippen LogP contribution in [0.25, 0.3) is 0 Å². The molecule has 0 aromatic heterocycles. The number of carbonyl (C=O) groups excluding carboxylic acids is 2. The molecule has 0 unspecified atom stereocenters. The normalized spacial score (nSPS) is 53.2. The lowest BCUT2D eigenvalue weighted by Gasteiger charge is -2.23. The fourth-order valence-electron chi connectivity index (χ4n) is 2.50. The van der Waals surface area contributed by atoms with Crippen molar-refractivity contribution in [3.63, 3.8) is 0 Å². The Labute approximate surface area is 78.0 Å². The lowest BCUT2D eigenvalue weighted by molar-refractivity contribution is -0.129. The molecule has 4 atom stereocenters. The van der Waals surface area contributed by atoms with Crippen molar-refractivity contribution < 1.29 is 18.7 Å². The summed E-state index contributed by atoms with van der Waals surface area (Å²) >= 11 is 0.526. The first-order valence-electron chi connectivity index (χ1n) is 4.24. The SMILES string of the molecule is O=C1SC(=O)[C@]2(F)[C@@H]3CC[C@@H](O3)[C@H]12. The van der Waals surface area contributed by atoms with Gasteiger partial charge in [-0.3, -0.25) is 9.59 Å². The smallest absolute Gasteiger partial charge is 0.237 e. The zero-order chi connectivity index (χ0) is 9.22. The van der Waals surface area contributed by atoms with E-state index in [0.717, 1.165) is 0 Å². The summed E-state index contributed by atoms with van der Waals surface area (Å²) in [5.74, 6) is -0.816. The number of fused-ring (bicyclic) bond motifs is 5. The monoisotopic (exact) mass is 202 g/mol. The van der Waals surface area contributed by atoms with Gasteiger partial charge in [0.15, 0.2) is 0 Å². The second kappa shape index (κ2) is 2.15. The fourth-order valence-corrected chi connectivity index (χ4v) is 3.55. The lowest BCUT2D eigenvalue weighted by atomic mass is 9.78. The number of alkyl halides is 1. The summed E-state index contributed by atoms with van der Waals surface area (Å²) in [6.45, 7) is 0. The number of rotatable bonds is 0. The Morgan fingerprint density at radius 3 is 2.92 bits per heavy atom. The first-order chi connectivity index (χ1) is 6.14. The van der Waals surface area contributed by atoms with Crippen molar-refractivity contribution in [2.24, 2.45) is 5.92 Å². The van der Waals surface area contributed by atoms with E-state index < -0.39 is 22.8 Å². The van der Waals surface area contributed by atoms with E-state index in [1.54, 1.807) is 0 Å². The summed E-state index contributed by atoms with van der Waals surface area (Å²) in [4.78, 5) is 22.5. The third-order valence-corrected chi connectivity index (χ3v) is 4.06. The minimum atomic E-state index is -2.00. The average molecular weight is 202 g/mol. The number of thioether (sulfide) groups is 1. The molecule has 0 spiro atoms. The van der Waals surface area contributed by atoms with Gasteiger partial charge in [0, 0.05) is 0 Å². The number of halogens is 1. The zero-order valence-corrected chi connectivity index (χ0v) is 7.47. The quantitative estimate of drug-likeness (QED) is 0.579. The van der Waals surface area contributed by atoms with Crippen LogP contribution in [0.3, 0.4) is 0 Å². The number of ether oxygens (including phenoxy) is 1. The molecule has 0 amide bonds. The van der Waals surface area contributed by atoms with Crippen LogP contribution in [0.4, 0.5) is 4.39 Å². The highest BCUT2D eigenvalue weighted by Crippen LogP contribution is 2.56. The van der Waals surface area contributed by atoms with Crippen molar-refractivity contribution in [3.8, 4) is 0 Å². The van der Waals surface area contributed by atoms with Crippen molar-refractivity contribution >= 4 is 22.0 Å². The third-order valence-electron chi connectivity index (χ3n) is 3.11. The maximum Gasteiger partial charge on any atom is 0.237 e. The van der Waals surface area contributed by atoms with Gasteiger partial charge >= 0.3 is 0 Å². The molecule has 3 aliphatic rings. The van der Waals surface area contributed by atoms with Crippen molar-refractivity contribution in [2.75, 3.05) is 0 Å². The van der Waals surface area contributed by atoms with Crippen LogP contribution in [0.5, 0.6) is 0 Å².